The number of ketones is 1. The Morgan fingerprint density at radius 2 is 1.53 bits per heavy atom. The van der Waals surface area contributed by atoms with Crippen LogP contribution in [0.5, 0.6) is 11.6 Å². The molecule has 0 radical (unpaired) electrons. The van der Waals surface area contributed by atoms with E-state index in [4.69, 9.17) is 11.6 Å². The molecule has 6 rings (SSSR count). The average molecular weight is 627 g/mol. The van der Waals surface area contributed by atoms with E-state index in [0.717, 1.165) is 22.5 Å². The summed E-state index contributed by atoms with van der Waals surface area (Å²) in [5.41, 5.74) is 3.03. The van der Waals surface area contributed by atoms with Crippen LogP contribution in [-0.4, -0.2) is 34.0 Å². The van der Waals surface area contributed by atoms with Gasteiger partial charge in [0.15, 0.2) is 16.7 Å². The van der Waals surface area contributed by atoms with Crippen LogP contribution in [0.3, 0.4) is 0 Å². The van der Waals surface area contributed by atoms with E-state index in [1.165, 1.54) is 22.9 Å². The van der Waals surface area contributed by atoms with E-state index in [9.17, 15) is 23.4 Å². The van der Waals surface area contributed by atoms with E-state index in [-0.39, 0.29) is 25.5 Å². The maximum atomic E-state index is 14.4. The standard InChI is InChI=1S/C33H23ClN2O5S2/c1-20-15-16-25(26(17-20)21-9-4-2-5-10-21)30(37)28-29(22-11-8-12-23(34)18-22)36(32(39)31(28)38)33-35-19-27(42-33)43(40,41)24-13-6-3-7-14-24/h2-19,38-39H,1H3. The molecule has 0 atom stereocenters. The molecule has 7 nitrogen and oxygen atoms in total. The summed E-state index contributed by atoms with van der Waals surface area (Å²) in [5, 5.41) is 23.0. The highest BCUT2D eigenvalue weighted by Crippen LogP contribution is 2.46. The molecule has 0 aliphatic heterocycles. The molecule has 0 fully saturated rings. The van der Waals surface area contributed by atoms with Crippen molar-refractivity contribution in [3.8, 4) is 39.1 Å². The summed E-state index contributed by atoms with van der Waals surface area (Å²) in [7, 11) is -3.92. The van der Waals surface area contributed by atoms with E-state index < -0.39 is 27.2 Å². The fraction of sp³-hybridized carbons (Fsp3) is 0.0303. The number of hydrogen-bond donors (Lipinski definition) is 2. The third kappa shape index (κ3) is 5.12. The van der Waals surface area contributed by atoms with Crippen molar-refractivity contribution in [3.63, 3.8) is 0 Å². The van der Waals surface area contributed by atoms with E-state index in [1.807, 2.05) is 43.3 Å². The fourth-order valence-electron chi connectivity index (χ4n) is 4.90. The van der Waals surface area contributed by atoms with Gasteiger partial charge in [-0.1, -0.05) is 107 Å². The second kappa shape index (κ2) is 11.2. The maximum Gasteiger partial charge on any atom is 0.242 e. The molecule has 0 saturated carbocycles. The largest absolute Gasteiger partial charge is 0.503 e. The molecule has 2 heterocycles. The number of nitrogens with zero attached hydrogens (tertiary/aromatic N) is 2. The molecule has 0 aliphatic rings. The summed E-state index contributed by atoms with van der Waals surface area (Å²) in [6.07, 6.45) is 1.19. The van der Waals surface area contributed by atoms with Crippen molar-refractivity contribution in [2.45, 2.75) is 16.0 Å². The van der Waals surface area contributed by atoms with Crippen molar-refractivity contribution < 1.29 is 23.4 Å². The number of sulfone groups is 1. The minimum atomic E-state index is -3.92. The molecule has 6 aromatic rings. The molecular weight excluding hydrogens is 604 g/mol. The molecule has 0 saturated heterocycles. The van der Waals surface area contributed by atoms with Crippen LogP contribution >= 0.6 is 22.9 Å². The Labute approximate surface area is 256 Å². The summed E-state index contributed by atoms with van der Waals surface area (Å²) < 4.78 is 27.7. The molecule has 2 N–H and O–H groups in total. The van der Waals surface area contributed by atoms with Gasteiger partial charge in [-0.3, -0.25) is 9.36 Å². The Bertz CT molecular complexity index is 2100. The number of benzene rings is 4. The zero-order valence-corrected chi connectivity index (χ0v) is 25.0. The van der Waals surface area contributed by atoms with Gasteiger partial charge in [0.25, 0.3) is 0 Å². The molecular formula is C33H23ClN2O5S2. The van der Waals surface area contributed by atoms with Gasteiger partial charge in [-0.25, -0.2) is 13.4 Å². The van der Waals surface area contributed by atoms with Crippen molar-refractivity contribution in [3.05, 3.63) is 131 Å². The van der Waals surface area contributed by atoms with Gasteiger partial charge in [-0.15, -0.1) is 0 Å². The lowest BCUT2D eigenvalue weighted by molar-refractivity contribution is 0.103. The second-order valence-electron chi connectivity index (χ2n) is 9.76. The highest BCUT2D eigenvalue weighted by Gasteiger charge is 2.33. The van der Waals surface area contributed by atoms with Crippen LogP contribution in [0.4, 0.5) is 0 Å². The average Bonchev–Trinajstić information content (AvgIpc) is 3.61. The van der Waals surface area contributed by atoms with Crippen LogP contribution in [0.1, 0.15) is 21.5 Å². The minimum absolute atomic E-state index is 0.0310. The lowest BCUT2D eigenvalue weighted by Crippen LogP contribution is -2.07. The number of halogens is 1. The first-order chi connectivity index (χ1) is 20.7. The Balaban J connectivity index is 1.58. The van der Waals surface area contributed by atoms with Gasteiger partial charge in [-0.05, 0) is 42.3 Å². The summed E-state index contributed by atoms with van der Waals surface area (Å²) in [4.78, 5) is 18.8. The van der Waals surface area contributed by atoms with Crippen LogP contribution in [0.25, 0.3) is 27.5 Å². The van der Waals surface area contributed by atoms with Crippen LogP contribution in [-0.2, 0) is 9.84 Å². The molecule has 43 heavy (non-hydrogen) atoms. The Hall–Kier alpha value is -4.70. The van der Waals surface area contributed by atoms with Gasteiger partial charge in [0.2, 0.25) is 15.7 Å². The predicted molar refractivity (Wildman–Crippen MR) is 167 cm³/mol. The number of aromatic nitrogens is 2. The number of rotatable bonds is 7. The van der Waals surface area contributed by atoms with Crippen molar-refractivity contribution in [1.82, 2.24) is 9.55 Å². The Kier molecular flexibility index (Phi) is 7.39. The fourth-order valence-corrected chi connectivity index (χ4v) is 7.64. The normalized spacial score (nSPS) is 11.5. The molecule has 10 heteroatoms. The monoisotopic (exact) mass is 626 g/mol. The van der Waals surface area contributed by atoms with E-state index in [1.54, 1.807) is 54.6 Å². The van der Waals surface area contributed by atoms with E-state index in [2.05, 4.69) is 4.98 Å². The topological polar surface area (TPSA) is 109 Å². The third-order valence-electron chi connectivity index (χ3n) is 6.93. The lowest BCUT2D eigenvalue weighted by Gasteiger charge is -2.13. The molecule has 0 bridgehead atoms. The van der Waals surface area contributed by atoms with Crippen molar-refractivity contribution in [1.29, 1.82) is 0 Å². The zero-order valence-electron chi connectivity index (χ0n) is 22.6. The number of carbonyl (C=O) groups excluding carboxylic acids is 1. The van der Waals surface area contributed by atoms with Crippen molar-refractivity contribution in [2.75, 3.05) is 0 Å². The summed E-state index contributed by atoms with van der Waals surface area (Å²) in [6.45, 7) is 1.92. The molecule has 0 aliphatic carbocycles. The predicted octanol–water partition coefficient (Wildman–Crippen LogP) is 7.70. The zero-order chi connectivity index (χ0) is 30.3. The van der Waals surface area contributed by atoms with E-state index in [0.29, 0.717) is 21.7 Å². The van der Waals surface area contributed by atoms with Crippen LogP contribution < -0.4 is 0 Å². The molecule has 2 aromatic heterocycles. The quantitative estimate of drug-likeness (QED) is 0.176. The SMILES string of the molecule is Cc1ccc(C(=O)c2c(O)c(O)n(-c3ncc(S(=O)(=O)c4ccccc4)s3)c2-c2cccc(Cl)c2)c(-c2ccccc2)c1. The van der Waals surface area contributed by atoms with E-state index >= 15 is 0 Å². The van der Waals surface area contributed by atoms with Crippen LogP contribution in [0, 0.1) is 6.92 Å². The number of aryl methyl sites for hydroxylation is 1. The molecule has 214 valence electrons. The molecule has 0 unspecified atom stereocenters. The van der Waals surface area contributed by atoms with Crippen LogP contribution in [0.15, 0.2) is 118 Å². The summed E-state index contributed by atoms with van der Waals surface area (Å²) in [5.74, 6) is -1.87. The van der Waals surface area contributed by atoms with Crippen LogP contribution in [0.2, 0.25) is 5.02 Å². The molecule has 0 amide bonds. The highest BCUT2D eigenvalue weighted by atomic mass is 35.5. The van der Waals surface area contributed by atoms with Gasteiger partial charge < -0.3 is 10.2 Å². The first-order valence-corrected chi connectivity index (χ1v) is 15.7. The Morgan fingerprint density at radius 3 is 2.23 bits per heavy atom. The minimum Gasteiger partial charge on any atom is -0.503 e. The van der Waals surface area contributed by atoms with Crippen molar-refractivity contribution >= 4 is 38.6 Å². The van der Waals surface area contributed by atoms with Gasteiger partial charge in [0.1, 0.15) is 4.21 Å². The number of hydrogen-bond acceptors (Lipinski definition) is 7. The number of thiazole rings is 1. The number of aromatic hydroxyl groups is 2. The van der Waals surface area contributed by atoms with Gasteiger partial charge in [-0.2, -0.15) is 0 Å². The summed E-state index contributed by atoms with van der Waals surface area (Å²) >= 11 is 7.13. The lowest BCUT2D eigenvalue weighted by atomic mass is 9.91. The highest BCUT2D eigenvalue weighted by molar-refractivity contribution is 7.93. The van der Waals surface area contributed by atoms with Gasteiger partial charge >= 0.3 is 0 Å². The first kappa shape index (κ1) is 28.4. The van der Waals surface area contributed by atoms with Gasteiger partial charge in [0, 0.05) is 16.1 Å². The number of carbonyl (C=O) groups is 1. The van der Waals surface area contributed by atoms with Crippen molar-refractivity contribution in [2.24, 2.45) is 0 Å². The maximum absolute atomic E-state index is 14.4. The molecule has 4 aromatic carbocycles. The summed E-state index contributed by atoms with van der Waals surface area (Å²) in [6, 6.07) is 29.3. The molecule has 0 spiro atoms. The van der Waals surface area contributed by atoms with Gasteiger partial charge in [0.05, 0.1) is 22.3 Å². The second-order valence-corrected chi connectivity index (χ2v) is 13.4. The third-order valence-corrected chi connectivity index (χ3v) is 10.4. The Morgan fingerprint density at radius 1 is 0.860 bits per heavy atom. The first-order valence-electron chi connectivity index (χ1n) is 13.1. The smallest absolute Gasteiger partial charge is 0.242 e.